The molecule has 0 aliphatic rings. The molecule has 0 amide bonds. The first-order valence-corrected chi connectivity index (χ1v) is 6.04. The van der Waals surface area contributed by atoms with Crippen LogP contribution in [0, 0.1) is 0 Å². The number of aromatic amines is 1. The van der Waals surface area contributed by atoms with E-state index in [2.05, 4.69) is 9.72 Å². The number of H-pyrrole nitrogens is 1. The number of pyridine rings is 1. The molecule has 5 nitrogen and oxygen atoms in total. The highest BCUT2D eigenvalue weighted by Gasteiger charge is 2.31. The van der Waals surface area contributed by atoms with E-state index < -0.39 is 17.9 Å². The van der Waals surface area contributed by atoms with Gasteiger partial charge in [0.05, 0.1) is 6.42 Å². The van der Waals surface area contributed by atoms with E-state index in [-0.39, 0.29) is 17.7 Å². The Morgan fingerprint density at radius 2 is 1.86 bits per heavy atom. The number of ether oxygens (including phenoxy) is 1. The van der Waals surface area contributed by atoms with Crippen LogP contribution in [0.4, 0.5) is 13.2 Å². The number of nitrogens with one attached hydrogen (secondary N) is 1. The number of carbonyl (C=O) groups is 1. The molecule has 8 heteroatoms. The summed E-state index contributed by atoms with van der Waals surface area (Å²) in [5.41, 5.74) is 0.681. The van der Waals surface area contributed by atoms with Crippen LogP contribution in [0.5, 0.6) is 5.75 Å². The zero-order valence-corrected chi connectivity index (χ0v) is 11.0. The van der Waals surface area contributed by atoms with Crippen molar-refractivity contribution in [2.24, 2.45) is 0 Å². The van der Waals surface area contributed by atoms with E-state index in [9.17, 15) is 22.8 Å². The number of benzene rings is 1. The molecule has 0 radical (unpaired) electrons. The topological polar surface area (TPSA) is 79.4 Å². The monoisotopic (exact) mass is 313 g/mol. The Labute approximate surface area is 122 Å². The summed E-state index contributed by atoms with van der Waals surface area (Å²) in [6.07, 6.45) is -3.84. The van der Waals surface area contributed by atoms with Crippen molar-refractivity contribution in [2.45, 2.75) is 12.8 Å². The Kier molecular flexibility index (Phi) is 4.20. The smallest absolute Gasteiger partial charge is 0.481 e. The van der Waals surface area contributed by atoms with Crippen LogP contribution in [0.15, 0.2) is 41.3 Å². The molecule has 2 rings (SSSR count). The molecule has 0 saturated carbocycles. The Bertz CT molecular complexity index is 735. The van der Waals surface area contributed by atoms with Crippen LogP contribution < -0.4 is 10.3 Å². The first kappa shape index (κ1) is 15.6. The largest absolute Gasteiger partial charge is 0.573 e. The lowest BCUT2D eigenvalue weighted by Crippen LogP contribution is -2.17. The minimum absolute atomic E-state index is 0.265. The Hall–Kier alpha value is -2.77. The normalized spacial score (nSPS) is 11.2. The molecule has 0 fully saturated rings. The highest BCUT2D eigenvalue weighted by molar-refractivity contribution is 5.76. The van der Waals surface area contributed by atoms with Crippen LogP contribution in [-0.4, -0.2) is 22.4 Å². The van der Waals surface area contributed by atoms with Gasteiger partial charge in [-0.3, -0.25) is 9.59 Å². The van der Waals surface area contributed by atoms with Crippen molar-refractivity contribution in [1.82, 2.24) is 4.98 Å². The Balaban J connectivity index is 2.36. The average Bonchev–Trinajstić information content (AvgIpc) is 2.37. The van der Waals surface area contributed by atoms with Gasteiger partial charge in [-0.25, -0.2) is 0 Å². The van der Waals surface area contributed by atoms with E-state index in [0.717, 1.165) is 18.2 Å². The molecule has 1 aromatic carbocycles. The van der Waals surface area contributed by atoms with Crippen molar-refractivity contribution < 1.29 is 27.8 Å². The molecule has 0 atom stereocenters. The number of aliphatic carboxylic acids is 1. The van der Waals surface area contributed by atoms with Crippen LogP contribution >= 0.6 is 0 Å². The lowest BCUT2D eigenvalue weighted by Gasteiger charge is -2.11. The fraction of sp³-hybridized carbons (Fsp3) is 0.143. The van der Waals surface area contributed by atoms with Crippen LogP contribution in [0.2, 0.25) is 0 Å². The van der Waals surface area contributed by atoms with Crippen molar-refractivity contribution in [3.05, 3.63) is 52.4 Å². The van der Waals surface area contributed by atoms with Gasteiger partial charge in [-0.1, -0.05) is 12.1 Å². The third-order valence-electron chi connectivity index (χ3n) is 2.75. The fourth-order valence-electron chi connectivity index (χ4n) is 1.93. The summed E-state index contributed by atoms with van der Waals surface area (Å²) in [4.78, 5) is 24.5. The molecular weight excluding hydrogens is 303 g/mol. The molecule has 0 bridgehead atoms. The molecule has 116 valence electrons. The van der Waals surface area contributed by atoms with Crippen molar-refractivity contribution in [3.8, 4) is 16.9 Å². The van der Waals surface area contributed by atoms with Gasteiger partial charge >= 0.3 is 12.3 Å². The lowest BCUT2D eigenvalue weighted by atomic mass is 10.00. The van der Waals surface area contributed by atoms with Crippen LogP contribution in [0.1, 0.15) is 5.56 Å². The molecular formula is C14H10F3NO4. The fourth-order valence-corrected chi connectivity index (χ4v) is 1.93. The van der Waals surface area contributed by atoms with Gasteiger partial charge in [0.25, 0.3) is 0 Å². The predicted molar refractivity (Wildman–Crippen MR) is 70.5 cm³/mol. The molecule has 1 heterocycles. The predicted octanol–water partition coefficient (Wildman–Crippen LogP) is 2.57. The first-order chi connectivity index (χ1) is 10.2. The zero-order chi connectivity index (χ0) is 16.3. The van der Waals surface area contributed by atoms with E-state index in [1.165, 1.54) is 18.3 Å². The third kappa shape index (κ3) is 4.11. The Morgan fingerprint density at radius 1 is 1.23 bits per heavy atom. The highest BCUT2D eigenvalue weighted by atomic mass is 19.4. The summed E-state index contributed by atoms with van der Waals surface area (Å²) in [5, 5.41) is 8.84. The highest BCUT2D eigenvalue weighted by Crippen LogP contribution is 2.27. The summed E-state index contributed by atoms with van der Waals surface area (Å²) in [6.45, 7) is 0. The molecule has 1 aromatic heterocycles. The number of halogens is 3. The van der Waals surface area contributed by atoms with E-state index in [1.807, 2.05) is 0 Å². The number of hydrogen-bond donors (Lipinski definition) is 2. The summed E-state index contributed by atoms with van der Waals surface area (Å²) in [6, 6.07) is 6.06. The summed E-state index contributed by atoms with van der Waals surface area (Å²) in [7, 11) is 0. The molecule has 2 aromatic rings. The first-order valence-electron chi connectivity index (χ1n) is 6.04. The van der Waals surface area contributed by atoms with Gasteiger partial charge in [-0.2, -0.15) is 0 Å². The maximum atomic E-state index is 12.1. The second-order valence-corrected chi connectivity index (χ2v) is 4.38. The van der Waals surface area contributed by atoms with E-state index in [4.69, 9.17) is 5.11 Å². The van der Waals surface area contributed by atoms with Crippen LogP contribution in [-0.2, 0) is 11.2 Å². The molecule has 0 aliphatic carbocycles. The van der Waals surface area contributed by atoms with Gasteiger partial charge in [0.2, 0.25) is 5.56 Å². The molecule has 0 aliphatic heterocycles. The molecule has 2 N–H and O–H groups in total. The zero-order valence-electron chi connectivity index (χ0n) is 11.0. The molecule has 0 unspecified atom stereocenters. The van der Waals surface area contributed by atoms with Gasteiger partial charge < -0.3 is 14.8 Å². The van der Waals surface area contributed by atoms with E-state index in [1.54, 1.807) is 0 Å². The molecule has 0 saturated heterocycles. The van der Waals surface area contributed by atoms with Gasteiger partial charge in [0.1, 0.15) is 5.75 Å². The number of alkyl halides is 3. The van der Waals surface area contributed by atoms with Gasteiger partial charge in [0.15, 0.2) is 0 Å². The number of carboxylic acid groups (broad SMARTS) is 1. The minimum atomic E-state index is -4.78. The van der Waals surface area contributed by atoms with Crippen molar-refractivity contribution in [2.75, 3.05) is 0 Å². The quantitative estimate of drug-likeness (QED) is 0.909. The molecule has 0 spiro atoms. The lowest BCUT2D eigenvalue weighted by molar-refractivity contribution is -0.274. The van der Waals surface area contributed by atoms with Gasteiger partial charge in [-0.15, -0.1) is 13.2 Å². The molecule has 22 heavy (non-hydrogen) atoms. The number of hydrogen-bond acceptors (Lipinski definition) is 3. The van der Waals surface area contributed by atoms with E-state index >= 15 is 0 Å². The average molecular weight is 313 g/mol. The minimum Gasteiger partial charge on any atom is -0.481 e. The van der Waals surface area contributed by atoms with Crippen LogP contribution in [0.25, 0.3) is 11.1 Å². The van der Waals surface area contributed by atoms with Crippen molar-refractivity contribution >= 4 is 5.97 Å². The third-order valence-corrected chi connectivity index (χ3v) is 2.75. The van der Waals surface area contributed by atoms with Crippen LogP contribution in [0.3, 0.4) is 0 Å². The second kappa shape index (κ2) is 5.92. The summed E-state index contributed by atoms with van der Waals surface area (Å²) in [5.74, 6) is -1.51. The van der Waals surface area contributed by atoms with Crippen molar-refractivity contribution in [1.29, 1.82) is 0 Å². The summed E-state index contributed by atoms with van der Waals surface area (Å²) >= 11 is 0. The standard InChI is InChI=1S/C14H10F3NO4/c15-14(16,17)22-10-3-1-8(2-4-10)11-7-18-12(19)5-9(11)6-13(20)21/h1-5,7H,6H2,(H,18,19)(H,20,21). The number of rotatable bonds is 4. The number of carboxylic acids is 1. The maximum absolute atomic E-state index is 12.1. The van der Waals surface area contributed by atoms with Gasteiger partial charge in [-0.05, 0) is 23.3 Å². The van der Waals surface area contributed by atoms with Gasteiger partial charge in [0, 0.05) is 17.8 Å². The summed E-state index contributed by atoms with van der Waals surface area (Å²) < 4.78 is 40.0. The maximum Gasteiger partial charge on any atom is 0.573 e. The SMILES string of the molecule is O=C(O)Cc1cc(=O)[nH]cc1-c1ccc(OC(F)(F)F)cc1. The van der Waals surface area contributed by atoms with E-state index in [0.29, 0.717) is 11.1 Å². The van der Waals surface area contributed by atoms with Crippen molar-refractivity contribution in [3.63, 3.8) is 0 Å². The number of aromatic nitrogens is 1. The Morgan fingerprint density at radius 3 is 2.41 bits per heavy atom. The second-order valence-electron chi connectivity index (χ2n) is 4.38.